The molecule has 0 aliphatic heterocycles. The van der Waals surface area contributed by atoms with E-state index in [0.29, 0.717) is 11.6 Å². The maximum atomic E-state index is 13.8. The minimum Gasteiger partial charge on any atom is -0.507 e. The number of carbonyl (C=O) groups excluding carboxylic acids is 2. The fourth-order valence-electron chi connectivity index (χ4n) is 3.29. The van der Waals surface area contributed by atoms with Crippen LogP contribution in [-0.4, -0.2) is 26.8 Å². The largest absolute Gasteiger partial charge is 0.507 e. The van der Waals surface area contributed by atoms with Crippen LogP contribution < -0.4 is 5.73 Å². The molecule has 0 aliphatic rings. The van der Waals surface area contributed by atoms with Crippen molar-refractivity contribution in [2.75, 3.05) is 0 Å². The molecule has 0 bridgehead atoms. The molecule has 154 valence electrons. The van der Waals surface area contributed by atoms with Crippen molar-refractivity contribution in [2.24, 2.45) is 5.73 Å². The molecule has 0 saturated heterocycles. The number of phenols is 1. The van der Waals surface area contributed by atoms with E-state index in [1.165, 1.54) is 37.5 Å². The Balaban J connectivity index is 2.18. The average Bonchev–Trinajstić information content (AvgIpc) is 2.71. The number of halogens is 2. The van der Waals surface area contributed by atoms with Gasteiger partial charge in [-0.1, -0.05) is 18.2 Å². The number of para-hydroxylation sites is 1. The Morgan fingerprint density at radius 2 is 1.70 bits per heavy atom. The van der Waals surface area contributed by atoms with Crippen LogP contribution in [0.15, 0.2) is 67.0 Å². The van der Waals surface area contributed by atoms with Crippen molar-refractivity contribution in [3.63, 3.8) is 0 Å². The van der Waals surface area contributed by atoms with Crippen LogP contribution in [0.4, 0.5) is 8.78 Å². The highest BCUT2D eigenvalue weighted by Crippen LogP contribution is 2.34. The lowest BCUT2D eigenvalue weighted by atomic mass is 9.98. The summed E-state index contributed by atoms with van der Waals surface area (Å²) in [6.45, 7) is 1.51. The van der Waals surface area contributed by atoms with Gasteiger partial charge in [-0.15, -0.1) is 0 Å². The van der Waals surface area contributed by atoms with E-state index in [9.17, 15) is 23.5 Å². The predicted octanol–water partition coefficient (Wildman–Crippen LogP) is 3.50. The maximum absolute atomic E-state index is 13.8. The van der Waals surface area contributed by atoms with Gasteiger partial charge in [0.1, 0.15) is 23.4 Å². The summed E-state index contributed by atoms with van der Waals surface area (Å²) in [7, 11) is 0. The first-order valence-electron chi connectivity index (χ1n) is 9.05. The van der Waals surface area contributed by atoms with E-state index in [2.05, 4.69) is 4.98 Å². The number of hydrogen-bond donors (Lipinski definition) is 2. The molecule has 0 radical (unpaired) electrons. The monoisotopic (exact) mass is 411 g/mol. The van der Waals surface area contributed by atoms with Gasteiger partial charge in [-0.3, -0.25) is 14.6 Å². The minimum atomic E-state index is -1.30. The molecule has 0 aliphatic carbocycles. The smallest absolute Gasteiger partial charge is 0.259 e. The van der Waals surface area contributed by atoms with Gasteiger partial charge in [0.2, 0.25) is 5.91 Å². The topological polar surface area (TPSA) is 96.5 Å². The van der Waals surface area contributed by atoms with Crippen molar-refractivity contribution in [2.45, 2.75) is 19.0 Å². The van der Waals surface area contributed by atoms with Crippen molar-refractivity contribution < 1.29 is 23.5 Å². The highest BCUT2D eigenvalue weighted by molar-refractivity contribution is 6.00. The zero-order valence-corrected chi connectivity index (χ0v) is 16.0. The van der Waals surface area contributed by atoms with Crippen molar-refractivity contribution in [1.82, 2.24) is 9.88 Å². The van der Waals surface area contributed by atoms with Crippen molar-refractivity contribution in [3.05, 3.63) is 95.3 Å². The summed E-state index contributed by atoms with van der Waals surface area (Å²) >= 11 is 0. The minimum absolute atomic E-state index is 0.0867. The zero-order chi connectivity index (χ0) is 21.8. The third kappa shape index (κ3) is 4.27. The second kappa shape index (κ2) is 8.69. The number of hydrogen-bond acceptors (Lipinski definition) is 4. The number of benzene rings is 2. The number of nitrogens with zero attached hydrogens (tertiary/aromatic N) is 2. The van der Waals surface area contributed by atoms with E-state index < -0.39 is 35.5 Å². The first-order valence-corrected chi connectivity index (χ1v) is 9.05. The van der Waals surface area contributed by atoms with E-state index in [0.717, 1.165) is 17.0 Å². The van der Waals surface area contributed by atoms with Gasteiger partial charge in [-0.25, -0.2) is 8.78 Å². The fraction of sp³-hybridized carbons (Fsp3) is 0.136. The second-order valence-corrected chi connectivity index (χ2v) is 6.70. The lowest BCUT2D eigenvalue weighted by molar-refractivity contribution is -0.123. The van der Waals surface area contributed by atoms with Crippen molar-refractivity contribution >= 4 is 11.8 Å². The third-order valence-corrected chi connectivity index (χ3v) is 4.70. The molecule has 0 saturated carbocycles. The van der Waals surface area contributed by atoms with E-state index in [1.807, 2.05) is 0 Å². The molecule has 1 heterocycles. The highest BCUT2D eigenvalue weighted by Gasteiger charge is 2.36. The molecular weight excluding hydrogens is 392 g/mol. The van der Waals surface area contributed by atoms with Crippen LogP contribution in [-0.2, 0) is 4.79 Å². The van der Waals surface area contributed by atoms with Crippen LogP contribution in [0.25, 0.3) is 0 Å². The van der Waals surface area contributed by atoms with Gasteiger partial charge in [-0.2, -0.15) is 0 Å². The number of aromatic hydroxyl groups is 1. The lowest BCUT2D eigenvalue weighted by Gasteiger charge is -2.35. The van der Waals surface area contributed by atoms with Gasteiger partial charge in [0.05, 0.1) is 11.6 Å². The second-order valence-electron chi connectivity index (χ2n) is 6.70. The van der Waals surface area contributed by atoms with Gasteiger partial charge < -0.3 is 15.7 Å². The Morgan fingerprint density at radius 3 is 2.27 bits per heavy atom. The molecule has 2 atom stereocenters. The Hall–Kier alpha value is -3.81. The van der Waals surface area contributed by atoms with Crippen molar-refractivity contribution in [1.29, 1.82) is 0 Å². The van der Waals surface area contributed by atoms with Crippen LogP contribution >= 0.6 is 0 Å². The first kappa shape index (κ1) is 20.9. The summed E-state index contributed by atoms with van der Waals surface area (Å²) in [5.74, 6) is -3.57. The molecule has 2 aromatic carbocycles. The Labute approximate surface area is 171 Å². The summed E-state index contributed by atoms with van der Waals surface area (Å²) in [5.41, 5.74) is 5.98. The molecule has 2 amide bonds. The van der Waals surface area contributed by atoms with Crippen LogP contribution in [0.3, 0.4) is 0 Å². The van der Waals surface area contributed by atoms with Gasteiger partial charge in [0.25, 0.3) is 5.91 Å². The number of pyridine rings is 1. The molecule has 0 unspecified atom stereocenters. The summed E-state index contributed by atoms with van der Waals surface area (Å²) in [6, 6.07) is 9.49. The lowest BCUT2D eigenvalue weighted by Crippen LogP contribution is -2.43. The van der Waals surface area contributed by atoms with Gasteiger partial charge in [-0.05, 0) is 42.8 Å². The van der Waals surface area contributed by atoms with Gasteiger partial charge in [0.15, 0.2) is 0 Å². The number of amides is 2. The van der Waals surface area contributed by atoms with E-state index in [-0.39, 0.29) is 16.9 Å². The predicted molar refractivity (Wildman–Crippen MR) is 105 cm³/mol. The molecule has 1 aromatic heterocycles. The van der Waals surface area contributed by atoms with Gasteiger partial charge in [0, 0.05) is 24.0 Å². The number of primary amides is 1. The number of rotatable bonds is 6. The molecule has 30 heavy (non-hydrogen) atoms. The first-order chi connectivity index (χ1) is 14.3. The molecule has 0 spiro atoms. The average molecular weight is 411 g/mol. The number of nitrogens with two attached hydrogens (primary N) is 1. The Bertz CT molecular complexity index is 1060. The van der Waals surface area contributed by atoms with E-state index >= 15 is 0 Å². The number of aromatic nitrogens is 1. The standard InChI is InChI=1S/C22H19F2N3O3/c1-13(15-9-16(23)11-17(24)10-15)27(22(30)18-6-2-3-7-19(18)28)20(21(25)29)14-5-4-8-26-12-14/h2-13,20,28H,1H3,(H2,25,29)/t13-,20-/m1/s1. The van der Waals surface area contributed by atoms with Crippen LogP contribution in [0.5, 0.6) is 5.75 Å². The van der Waals surface area contributed by atoms with Crippen molar-refractivity contribution in [3.8, 4) is 5.75 Å². The molecule has 8 heteroatoms. The molecule has 3 rings (SSSR count). The normalized spacial score (nSPS) is 12.8. The third-order valence-electron chi connectivity index (χ3n) is 4.70. The fourth-order valence-corrected chi connectivity index (χ4v) is 3.29. The summed E-state index contributed by atoms with van der Waals surface area (Å²) in [6.07, 6.45) is 2.86. The van der Waals surface area contributed by atoms with E-state index in [1.54, 1.807) is 18.2 Å². The summed E-state index contributed by atoms with van der Waals surface area (Å²) in [5, 5.41) is 10.2. The molecular formula is C22H19F2N3O3. The quantitative estimate of drug-likeness (QED) is 0.649. The van der Waals surface area contributed by atoms with Gasteiger partial charge >= 0.3 is 0 Å². The summed E-state index contributed by atoms with van der Waals surface area (Å²) < 4.78 is 27.7. The highest BCUT2D eigenvalue weighted by atomic mass is 19.1. The molecule has 3 aromatic rings. The molecule has 0 fully saturated rings. The molecule has 3 N–H and O–H groups in total. The Kier molecular flexibility index (Phi) is 6.06. The summed E-state index contributed by atoms with van der Waals surface area (Å²) in [4.78, 5) is 30.9. The number of phenolic OH excluding ortho intramolecular Hbond substituents is 1. The van der Waals surface area contributed by atoms with Crippen LogP contribution in [0, 0.1) is 11.6 Å². The maximum Gasteiger partial charge on any atom is 0.259 e. The van der Waals surface area contributed by atoms with Crippen LogP contribution in [0.1, 0.15) is 40.5 Å². The zero-order valence-electron chi connectivity index (χ0n) is 16.0. The van der Waals surface area contributed by atoms with E-state index in [4.69, 9.17) is 5.73 Å². The number of carbonyl (C=O) groups is 2. The SMILES string of the molecule is C[C@H](c1cc(F)cc(F)c1)N(C(=O)c1ccccc1O)[C@@H](C(N)=O)c1cccnc1. The Morgan fingerprint density at radius 1 is 1.03 bits per heavy atom. The van der Waals surface area contributed by atoms with Crippen LogP contribution in [0.2, 0.25) is 0 Å². The molecule has 6 nitrogen and oxygen atoms in total.